The Kier molecular flexibility index (Phi) is 4.94. The van der Waals surface area contributed by atoms with Crippen molar-refractivity contribution in [2.24, 2.45) is 0 Å². The van der Waals surface area contributed by atoms with Gasteiger partial charge in [0.05, 0.1) is 21.5 Å². The van der Waals surface area contributed by atoms with E-state index in [1.165, 1.54) is 12.1 Å². The van der Waals surface area contributed by atoms with Crippen molar-refractivity contribution < 1.29 is 8.42 Å². The summed E-state index contributed by atoms with van der Waals surface area (Å²) in [6.45, 7) is 0.560. The van der Waals surface area contributed by atoms with Crippen molar-refractivity contribution in [3.8, 4) is 0 Å². The van der Waals surface area contributed by atoms with Crippen LogP contribution in [0.4, 0.5) is 0 Å². The van der Waals surface area contributed by atoms with Crippen LogP contribution in [0.25, 0.3) is 0 Å². The lowest BCUT2D eigenvalue weighted by Crippen LogP contribution is -2.04. The number of imidazole rings is 1. The van der Waals surface area contributed by atoms with Gasteiger partial charge in [0.1, 0.15) is 0 Å². The molecule has 2 aromatic carbocycles. The SMILES string of the molecule is O=S(=O)(c1ccc(Cl)cc1)c1ccc(C(Cl)Cn2ccnc2)cc1. The second-order valence-electron chi connectivity index (χ2n) is 5.25. The molecule has 0 saturated heterocycles. The summed E-state index contributed by atoms with van der Waals surface area (Å²) in [7, 11) is -3.57. The van der Waals surface area contributed by atoms with Gasteiger partial charge in [-0.2, -0.15) is 0 Å². The second kappa shape index (κ2) is 6.97. The normalized spacial score (nSPS) is 12.9. The predicted molar refractivity (Wildman–Crippen MR) is 94.2 cm³/mol. The molecule has 7 heteroatoms. The molecule has 0 N–H and O–H groups in total. The molecule has 1 atom stereocenters. The standard InChI is InChI=1S/C17H14Cl2N2O2S/c18-14-3-7-16(8-4-14)24(22,23)15-5-1-13(2-6-15)17(19)11-21-10-9-20-12-21/h1-10,12,17H,11H2. The number of halogens is 2. The van der Waals surface area contributed by atoms with Crippen LogP contribution in [0, 0.1) is 0 Å². The van der Waals surface area contributed by atoms with Gasteiger partial charge in [0.15, 0.2) is 0 Å². The van der Waals surface area contributed by atoms with Crippen LogP contribution in [0.3, 0.4) is 0 Å². The van der Waals surface area contributed by atoms with Crippen molar-refractivity contribution in [1.29, 1.82) is 0 Å². The van der Waals surface area contributed by atoms with Gasteiger partial charge < -0.3 is 4.57 Å². The molecule has 0 spiro atoms. The van der Waals surface area contributed by atoms with Gasteiger partial charge in [0.25, 0.3) is 0 Å². The average Bonchev–Trinajstić information content (AvgIpc) is 3.08. The van der Waals surface area contributed by atoms with Crippen molar-refractivity contribution in [3.63, 3.8) is 0 Å². The summed E-state index contributed by atoms with van der Waals surface area (Å²) >= 11 is 12.2. The molecule has 0 saturated carbocycles. The molecule has 0 fully saturated rings. The van der Waals surface area contributed by atoms with Crippen LogP contribution in [0.15, 0.2) is 77.0 Å². The van der Waals surface area contributed by atoms with E-state index >= 15 is 0 Å². The molecule has 1 unspecified atom stereocenters. The van der Waals surface area contributed by atoms with Crippen molar-refractivity contribution in [3.05, 3.63) is 77.8 Å². The lowest BCUT2D eigenvalue weighted by molar-refractivity contribution is 0.596. The predicted octanol–water partition coefficient (Wildman–Crippen LogP) is 4.35. The smallest absolute Gasteiger partial charge is 0.206 e. The third kappa shape index (κ3) is 3.64. The third-order valence-corrected chi connectivity index (χ3v) is 6.03. The first kappa shape index (κ1) is 17.0. The monoisotopic (exact) mass is 380 g/mol. The molecule has 4 nitrogen and oxygen atoms in total. The summed E-state index contributed by atoms with van der Waals surface area (Å²) in [6, 6.07) is 12.7. The Labute approximate surface area is 150 Å². The number of hydrogen-bond donors (Lipinski definition) is 0. The van der Waals surface area contributed by atoms with Crippen LogP contribution >= 0.6 is 23.2 Å². The van der Waals surface area contributed by atoms with E-state index in [0.29, 0.717) is 11.6 Å². The minimum absolute atomic E-state index is 0.209. The zero-order valence-corrected chi connectivity index (χ0v) is 14.8. The number of aromatic nitrogens is 2. The highest BCUT2D eigenvalue weighted by atomic mass is 35.5. The maximum absolute atomic E-state index is 12.6. The van der Waals surface area contributed by atoms with Crippen LogP contribution in [0.2, 0.25) is 5.02 Å². The van der Waals surface area contributed by atoms with Gasteiger partial charge in [0, 0.05) is 24.0 Å². The first-order valence-electron chi connectivity index (χ1n) is 7.17. The molecule has 0 aliphatic carbocycles. The van der Waals surface area contributed by atoms with E-state index in [1.807, 2.05) is 10.8 Å². The van der Waals surface area contributed by atoms with E-state index in [1.54, 1.807) is 48.9 Å². The van der Waals surface area contributed by atoms with Crippen LogP contribution in [-0.2, 0) is 16.4 Å². The Hall–Kier alpha value is -1.82. The second-order valence-corrected chi connectivity index (χ2v) is 8.17. The first-order valence-corrected chi connectivity index (χ1v) is 9.47. The van der Waals surface area contributed by atoms with Crippen molar-refractivity contribution in [2.45, 2.75) is 21.7 Å². The highest BCUT2D eigenvalue weighted by Gasteiger charge is 2.18. The maximum atomic E-state index is 12.6. The van der Waals surface area contributed by atoms with E-state index in [0.717, 1.165) is 5.56 Å². The van der Waals surface area contributed by atoms with E-state index in [2.05, 4.69) is 4.98 Å². The number of sulfone groups is 1. The van der Waals surface area contributed by atoms with E-state index < -0.39 is 9.84 Å². The molecular weight excluding hydrogens is 367 g/mol. The lowest BCUT2D eigenvalue weighted by Gasteiger charge is -2.11. The van der Waals surface area contributed by atoms with E-state index in [4.69, 9.17) is 23.2 Å². The minimum atomic E-state index is -3.57. The molecule has 0 radical (unpaired) electrons. The highest BCUT2D eigenvalue weighted by Crippen LogP contribution is 2.27. The summed E-state index contributed by atoms with van der Waals surface area (Å²) in [5.74, 6) is 0. The average molecular weight is 381 g/mol. The van der Waals surface area contributed by atoms with Gasteiger partial charge in [-0.3, -0.25) is 0 Å². The Morgan fingerprint density at radius 3 is 2.12 bits per heavy atom. The number of nitrogens with zero attached hydrogens (tertiary/aromatic N) is 2. The minimum Gasteiger partial charge on any atom is -0.336 e. The fourth-order valence-electron chi connectivity index (χ4n) is 2.29. The Morgan fingerprint density at radius 2 is 1.58 bits per heavy atom. The summed E-state index contributed by atoms with van der Waals surface area (Å²) in [6.07, 6.45) is 5.20. The number of rotatable bonds is 5. The van der Waals surface area contributed by atoms with Gasteiger partial charge >= 0.3 is 0 Å². The van der Waals surface area contributed by atoms with Crippen molar-refractivity contribution in [1.82, 2.24) is 9.55 Å². The van der Waals surface area contributed by atoms with E-state index in [-0.39, 0.29) is 15.2 Å². The van der Waals surface area contributed by atoms with Gasteiger partial charge in [0.2, 0.25) is 9.84 Å². The molecule has 0 bridgehead atoms. The van der Waals surface area contributed by atoms with Crippen LogP contribution in [0.1, 0.15) is 10.9 Å². The number of hydrogen-bond acceptors (Lipinski definition) is 3. The van der Waals surface area contributed by atoms with Crippen LogP contribution < -0.4 is 0 Å². The van der Waals surface area contributed by atoms with Crippen molar-refractivity contribution >= 4 is 33.0 Å². The molecule has 0 amide bonds. The Morgan fingerprint density at radius 1 is 1.00 bits per heavy atom. The topological polar surface area (TPSA) is 52.0 Å². The van der Waals surface area contributed by atoms with Gasteiger partial charge in [-0.15, -0.1) is 11.6 Å². The zero-order chi connectivity index (χ0) is 17.2. The fourth-order valence-corrected chi connectivity index (χ4v) is 3.98. The zero-order valence-electron chi connectivity index (χ0n) is 12.5. The summed E-state index contributed by atoms with van der Waals surface area (Å²) < 4.78 is 27.1. The van der Waals surface area contributed by atoms with Crippen molar-refractivity contribution in [2.75, 3.05) is 0 Å². The van der Waals surface area contributed by atoms with E-state index in [9.17, 15) is 8.42 Å². The van der Waals surface area contributed by atoms with Gasteiger partial charge in [-0.1, -0.05) is 23.7 Å². The molecule has 24 heavy (non-hydrogen) atoms. The molecule has 124 valence electrons. The Bertz CT molecular complexity index is 906. The number of alkyl halides is 1. The molecule has 0 aliphatic heterocycles. The Balaban J connectivity index is 1.82. The van der Waals surface area contributed by atoms with Crippen LogP contribution in [-0.4, -0.2) is 18.0 Å². The summed E-state index contributed by atoms with van der Waals surface area (Å²) in [4.78, 5) is 4.40. The fraction of sp³-hybridized carbons (Fsp3) is 0.118. The van der Waals surface area contributed by atoms with Crippen LogP contribution in [0.5, 0.6) is 0 Å². The van der Waals surface area contributed by atoms with Gasteiger partial charge in [-0.25, -0.2) is 13.4 Å². The molecule has 1 heterocycles. The molecule has 3 aromatic rings. The summed E-state index contributed by atoms with van der Waals surface area (Å²) in [5.41, 5.74) is 0.848. The lowest BCUT2D eigenvalue weighted by atomic mass is 10.1. The highest BCUT2D eigenvalue weighted by molar-refractivity contribution is 7.91. The molecular formula is C17H14Cl2N2O2S. The molecule has 1 aromatic heterocycles. The third-order valence-electron chi connectivity index (χ3n) is 3.61. The number of benzene rings is 2. The molecule has 3 rings (SSSR count). The molecule has 0 aliphatic rings. The largest absolute Gasteiger partial charge is 0.336 e. The summed E-state index contributed by atoms with van der Waals surface area (Å²) in [5, 5.41) is 0.222. The first-order chi connectivity index (χ1) is 11.5. The quantitative estimate of drug-likeness (QED) is 0.618. The van der Waals surface area contributed by atoms with Gasteiger partial charge in [-0.05, 0) is 42.0 Å². The maximum Gasteiger partial charge on any atom is 0.206 e.